The Labute approximate surface area is 182 Å². The third-order valence-corrected chi connectivity index (χ3v) is 7.76. The smallest absolute Gasteiger partial charge is 0.243 e. The van der Waals surface area contributed by atoms with Crippen LogP contribution in [0.4, 0.5) is 0 Å². The zero-order valence-corrected chi connectivity index (χ0v) is 18.4. The lowest BCUT2D eigenvalue weighted by atomic mass is 9.97. The molecular weight excluding hydrogens is 414 g/mol. The number of hydrogen-bond acceptors (Lipinski definition) is 5. The quantitative estimate of drug-likeness (QED) is 0.606. The molecule has 3 aromatic rings. The van der Waals surface area contributed by atoms with E-state index >= 15 is 0 Å². The highest BCUT2D eigenvalue weighted by Crippen LogP contribution is 2.26. The maximum absolute atomic E-state index is 13.1. The van der Waals surface area contributed by atoms with Crippen LogP contribution in [0.5, 0.6) is 0 Å². The van der Waals surface area contributed by atoms with Gasteiger partial charge in [-0.15, -0.1) is 10.2 Å². The Bertz CT molecular complexity index is 1170. The summed E-state index contributed by atoms with van der Waals surface area (Å²) in [5.41, 5.74) is 0. The fourth-order valence-electron chi connectivity index (χ4n) is 4.01. The molecule has 164 valence electrons. The van der Waals surface area contributed by atoms with Crippen molar-refractivity contribution in [3.8, 4) is 0 Å². The van der Waals surface area contributed by atoms with E-state index in [1.807, 2.05) is 41.8 Å². The number of carbonyl (C=O) groups excluding carboxylic acids is 1. The molecule has 2 aromatic carbocycles. The number of piperidine rings is 1. The van der Waals surface area contributed by atoms with Gasteiger partial charge in [0, 0.05) is 38.5 Å². The van der Waals surface area contributed by atoms with E-state index in [0.29, 0.717) is 43.8 Å². The van der Waals surface area contributed by atoms with E-state index in [4.69, 9.17) is 0 Å². The molecule has 1 saturated heterocycles. The molecule has 31 heavy (non-hydrogen) atoms. The molecule has 1 aromatic heterocycles. The minimum Gasteiger partial charge on any atom is -0.355 e. The molecule has 1 N–H and O–H groups in total. The number of fused-ring (bicyclic) bond motifs is 1. The third kappa shape index (κ3) is 4.62. The molecule has 1 aliphatic rings. The van der Waals surface area contributed by atoms with Crippen molar-refractivity contribution in [3.63, 3.8) is 0 Å². The summed E-state index contributed by atoms with van der Waals surface area (Å²) < 4.78 is 29.6. The Balaban J connectivity index is 1.32. The molecule has 1 aliphatic heterocycles. The maximum atomic E-state index is 13.1. The van der Waals surface area contributed by atoms with Gasteiger partial charge in [-0.05, 0) is 42.7 Å². The lowest BCUT2D eigenvalue weighted by molar-refractivity contribution is -0.126. The van der Waals surface area contributed by atoms with E-state index in [-0.39, 0.29) is 11.8 Å². The first-order chi connectivity index (χ1) is 15.0. The summed E-state index contributed by atoms with van der Waals surface area (Å²) in [5, 5.41) is 12.8. The zero-order chi connectivity index (χ0) is 21.8. The first-order valence-electron chi connectivity index (χ1n) is 10.6. The van der Waals surface area contributed by atoms with Crippen LogP contribution in [0.1, 0.15) is 25.6 Å². The highest BCUT2D eigenvalue weighted by molar-refractivity contribution is 7.89. The number of sulfonamides is 1. The van der Waals surface area contributed by atoms with E-state index < -0.39 is 10.0 Å². The van der Waals surface area contributed by atoms with Crippen molar-refractivity contribution in [2.24, 2.45) is 5.92 Å². The monoisotopic (exact) mass is 441 g/mol. The van der Waals surface area contributed by atoms with Crippen LogP contribution in [0, 0.1) is 5.92 Å². The number of aromatic nitrogens is 3. The van der Waals surface area contributed by atoms with Crippen LogP contribution in [0.2, 0.25) is 0 Å². The number of rotatable bonds is 7. The summed E-state index contributed by atoms with van der Waals surface area (Å²) >= 11 is 0. The summed E-state index contributed by atoms with van der Waals surface area (Å²) in [6, 6.07) is 12.9. The second-order valence-corrected chi connectivity index (χ2v) is 9.70. The predicted octanol–water partition coefficient (Wildman–Crippen LogP) is 2.21. The maximum Gasteiger partial charge on any atom is 0.243 e. The van der Waals surface area contributed by atoms with Crippen LogP contribution in [0.3, 0.4) is 0 Å². The van der Waals surface area contributed by atoms with Gasteiger partial charge in [0.15, 0.2) is 0 Å². The molecule has 0 radical (unpaired) electrons. The Hall–Kier alpha value is -2.78. The average Bonchev–Trinajstić information content (AvgIpc) is 3.26. The van der Waals surface area contributed by atoms with Gasteiger partial charge in [0.1, 0.15) is 12.2 Å². The van der Waals surface area contributed by atoms with Crippen molar-refractivity contribution < 1.29 is 13.2 Å². The van der Waals surface area contributed by atoms with E-state index in [2.05, 4.69) is 15.5 Å². The highest BCUT2D eigenvalue weighted by atomic mass is 32.2. The molecule has 0 atom stereocenters. The van der Waals surface area contributed by atoms with E-state index in [1.54, 1.807) is 18.5 Å². The number of benzene rings is 2. The zero-order valence-electron chi connectivity index (χ0n) is 17.6. The minimum absolute atomic E-state index is 0.0229. The molecule has 0 spiro atoms. The molecule has 9 heteroatoms. The summed E-state index contributed by atoms with van der Waals surface area (Å²) in [7, 11) is -3.57. The second-order valence-electron chi connectivity index (χ2n) is 7.76. The van der Waals surface area contributed by atoms with Gasteiger partial charge in [-0.3, -0.25) is 4.79 Å². The van der Waals surface area contributed by atoms with Gasteiger partial charge in [0.05, 0.1) is 4.90 Å². The van der Waals surface area contributed by atoms with Crippen LogP contribution in [-0.4, -0.2) is 53.0 Å². The molecular formula is C22H27N5O3S. The number of nitrogens with zero attached hydrogens (tertiary/aromatic N) is 4. The lowest BCUT2D eigenvalue weighted by Gasteiger charge is -2.30. The SMILES string of the molecule is CCn1cnnc1CCNC(=O)C1CCN(S(=O)(=O)c2ccc3ccccc3c2)CC1. The molecule has 2 heterocycles. The predicted molar refractivity (Wildman–Crippen MR) is 118 cm³/mol. The standard InChI is InChI=1S/C22H27N5O3S/c1-2-26-16-24-25-21(26)9-12-23-22(28)18-10-13-27(14-11-18)31(29,30)20-8-7-17-5-3-4-6-19(17)15-20/h3-8,15-16,18H,2,9-14H2,1H3,(H,23,28). The summed E-state index contributed by atoms with van der Waals surface area (Å²) in [5.74, 6) is 0.650. The van der Waals surface area contributed by atoms with E-state index in [9.17, 15) is 13.2 Å². The van der Waals surface area contributed by atoms with E-state index in [1.165, 1.54) is 4.31 Å². The van der Waals surface area contributed by atoms with Gasteiger partial charge in [0.25, 0.3) is 0 Å². The van der Waals surface area contributed by atoms with Gasteiger partial charge < -0.3 is 9.88 Å². The number of amides is 1. The van der Waals surface area contributed by atoms with Crippen molar-refractivity contribution in [2.45, 2.75) is 37.6 Å². The van der Waals surface area contributed by atoms with Crippen LogP contribution in [0.25, 0.3) is 10.8 Å². The molecule has 1 fully saturated rings. The summed E-state index contributed by atoms with van der Waals surface area (Å²) in [4.78, 5) is 12.8. The van der Waals surface area contributed by atoms with Crippen molar-refractivity contribution >= 4 is 26.7 Å². The van der Waals surface area contributed by atoms with Crippen LogP contribution < -0.4 is 5.32 Å². The molecule has 1 amide bonds. The van der Waals surface area contributed by atoms with Crippen molar-refractivity contribution in [1.29, 1.82) is 0 Å². The Morgan fingerprint density at radius 2 is 1.87 bits per heavy atom. The van der Waals surface area contributed by atoms with Crippen LogP contribution >= 0.6 is 0 Å². The first-order valence-corrected chi connectivity index (χ1v) is 12.1. The van der Waals surface area contributed by atoms with Gasteiger partial charge in [0.2, 0.25) is 15.9 Å². The number of nitrogens with one attached hydrogen (secondary N) is 1. The topological polar surface area (TPSA) is 97.2 Å². The Morgan fingerprint density at radius 1 is 1.13 bits per heavy atom. The molecule has 0 unspecified atom stereocenters. The van der Waals surface area contributed by atoms with Gasteiger partial charge in [-0.1, -0.05) is 30.3 Å². The normalized spacial score (nSPS) is 15.9. The largest absolute Gasteiger partial charge is 0.355 e. The molecule has 8 nitrogen and oxygen atoms in total. The fourth-order valence-corrected chi connectivity index (χ4v) is 5.52. The van der Waals surface area contributed by atoms with Crippen LogP contribution in [-0.2, 0) is 27.8 Å². The number of aryl methyl sites for hydroxylation is 1. The molecule has 0 bridgehead atoms. The van der Waals surface area contributed by atoms with Crippen LogP contribution in [0.15, 0.2) is 53.7 Å². The summed E-state index contributed by atoms with van der Waals surface area (Å²) in [6.07, 6.45) is 3.34. The van der Waals surface area contributed by atoms with Crippen molar-refractivity contribution in [3.05, 3.63) is 54.6 Å². The highest BCUT2D eigenvalue weighted by Gasteiger charge is 2.32. The van der Waals surface area contributed by atoms with Crippen molar-refractivity contribution in [2.75, 3.05) is 19.6 Å². The number of hydrogen-bond donors (Lipinski definition) is 1. The fraction of sp³-hybridized carbons (Fsp3) is 0.409. The summed E-state index contributed by atoms with van der Waals surface area (Å²) in [6.45, 7) is 3.99. The van der Waals surface area contributed by atoms with E-state index in [0.717, 1.165) is 23.1 Å². The van der Waals surface area contributed by atoms with Gasteiger partial charge in [-0.25, -0.2) is 8.42 Å². The molecule has 4 rings (SSSR count). The number of carbonyl (C=O) groups is 1. The average molecular weight is 442 g/mol. The Kier molecular flexibility index (Phi) is 6.33. The minimum atomic E-state index is -3.57. The van der Waals surface area contributed by atoms with Gasteiger partial charge in [-0.2, -0.15) is 4.31 Å². The van der Waals surface area contributed by atoms with Gasteiger partial charge >= 0.3 is 0 Å². The second kappa shape index (κ2) is 9.15. The lowest BCUT2D eigenvalue weighted by Crippen LogP contribution is -2.43. The molecule has 0 saturated carbocycles. The van der Waals surface area contributed by atoms with Crippen molar-refractivity contribution in [1.82, 2.24) is 24.4 Å². The third-order valence-electron chi connectivity index (χ3n) is 5.87. The molecule has 0 aliphatic carbocycles. The first kappa shape index (κ1) is 21.5. The Morgan fingerprint density at radius 3 is 2.61 bits per heavy atom.